The highest BCUT2D eigenvalue weighted by Gasteiger charge is 2.48. The van der Waals surface area contributed by atoms with E-state index in [0.717, 1.165) is 12.8 Å². The van der Waals surface area contributed by atoms with Crippen molar-refractivity contribution in [3.05, 3.63) is 18.3 Å². The van der Waals surface area contributed by atoms with Crippen molar-refractivity contribution in [2.45, 2.75) is 31.6 Å². The topological polar surface area (TPSA) is 127 Å². The van der Waals surface area contributed by atoms with Crippen LogP contribution >= 0.6 is 7.60 Å². The third kappa shape index (κ3) is 3.52. The van der Waals surface area contributed by atoms with Crippen molar-refractivity contribution in [3.8, 4) is 0 Å². The molecule has 0 radical (unpaired) electrons. The van der Waals surface area contributed by atoms with Gasteiger partial charge < -0.3 is 28.4 Å². The van der Waals surface area contributed by atoms with Crippen LogP contribution in [0.1, 0.15) is 11.9 Å². The summed E-state index contributed by atoms with van der Waals surface area (Å²) in [5.41, 5.74) is 1.95. The number of rotatable bonds is 7. The zero-order chi connectivity index (χ0) is 18.9. The van der Waals surface area contributed by atoms with Gasteiger partial charge in [-0.1, -0.05) is 0 Å². The lowest BCUT2D eigenvalue weighted by Crippen LogP contribution is -2.36. The van der Waals surface area contributed by atoms with Crippen LogP contribution in [0.15, 0.2) is 12.7 Å². The molecule has 1 aliphatic rings. The summed E-state index contributed by atoms with van der Waals surface area (Å²) in [5.74, 6) is 0. The number of hydrogen-bond acceptors (Lipinski definition) is 9. The first-order valence-corrected chi connectivity index (χ1v) is 9.52. The van der Waals surface area contributed by atoms with Crippen LogP contribution in [0.25, 0.3) is 11.2 Å². The molecule has 1 saturated heterocycles. The van der Waals surface area contributed by atoms with Gasteiger partial charge >= 0.3 is 7.60 Å². The van der Waals surface area contributed by atoms with Gasteiger partial charge in [-0.3, -0.25) is 9.13 Å². The lowest BCUT2D eigenvalue weighted by atomic mass is 10.2. The van der Waals surface area contributed by atoms with E-state index in [0.29, 0.717) is 11.2 Å². The summed E-state index contributed by atoms with van der Waals surface area (Å²) in [7, 11) is 0.271. The van der Waals surface area contributed by atoms with Crippen molar-refractivity contribution in [2.75, 3.05) is 27.7 Å². The highest BCUT2D eigenvalue weighted by molar-refractivity contribution is 7.52. The molecule has 5 atom stereocenters. The molecule has 2 aromatic rings. The summed E-state index contributed by atoms with van der Waals surface area (Å²) < 4.78 is 40.2. The lowest BCUT2D eigenvalue weighted by Gasteiger charge is -2.22. The number of methoxy groups -OCH3 is 2. The van der Waals surface area contributed by atoms with Crippen LogP contribution in [0.2, 0.25) is 0 Å². The molecule has 1 fully saturated rings. The van der Waals surface area contributed by atoms with Crippen molar-refractivity contribution < 1.29 is 32.9 Å². The van der Waals surface area contributed by atoms with Crippen LogP contribution in [-0.4, -0.2) is 70.6 Å². The van der Waals surface area contributed by atoms with Crippen LogP contribution in [-0.2, 0) is 28.0 Å². The van der Waals surface area contributed by atoms with Gasteiger partial charge in [-0.15, -0.1) is 0 Å². The fourth-order valence-electron chi connectivity index (χ4n) is 2.84. The van der Waals surface area contributed by atoms with E-state index in [1.165, 1.54) is 20.5 Å². The Morgan fingerprint density at radius 2 is 1.96 bits per heavy atom. The Bertz CT molecular complexity index is 816. The minimum Gasteiger partial charge on any atom is -0.374 e. The number of nitrogens with zero attached hydrogens (tertiary/aromatic N) is 4. The summed E-state index contributed by atoms with van der Waals surface area (Å²) >= 11 is 0. The van der Waals surface area contributed by atoms with E-state index in [4.69, 9.17) is 18.9 Å². The molecule has 12 heteroatoms. The largest absolute Gasteiger partial charge is 0.374 e. The molecule has 0 aromatic carbocycles. The second-order valence-electron chi connectivity index (χ2n) is 5.69. The Morgan fingerprint density at radius 1 is 1.23 bits per heavy atom. The molecule has 2 aromatic heterocycles. The highest BCUT2D eigenvalue weighted by Crippen LogP contribution is 2.43. The molecule has 11 nitrogen and oxygen atoms in total. The van der Waals surface area contributed by atoms with E-state index in [9.17, 15) is 9.46 Å². The lowest BCUT2D eigenvalue weighted by molar-refractivity contribution is -0.172. The Morgan fingerprint density at radius 3 is 2.62 bits per heavy atom. The predicted octanol–water partition coefficient (Wildman–Crippen LogP) is 0.826. The third-order valence-corrected chi connectivity index (χ3v) is 5.24. The molecule has 1 unspecified atom stereocenters. The summed E-state index contributed by atoms with van der Waals surface area (Å²) in [6.07, 6.45) is -0.316. The highest BCUT2D eigenvalue weighted by atomic mass is 31.2. The van der Waals surface area contributed by atoms with Gasteiger partial charge in [0.1, 0.15) is 24.1 Å². The van der Waals surface area contributed by atoms with Crippen molar-refractivity contribution >= 4 is 18.8 Å². The average Bonchev–Trinajstić information content (AvgIpc) is 3.21. The molecule has 0 amide bonds. The maximum absolute atomic E-state index is 11.7. The van der Waals surface area contributed by atoms with Gasteiger partial charge in [0.25, 0.3) is 0 Å². The van der Waals surface area contributed by atoms with E-state index in [1.807, 2.05) is 6.92 Å². The van der Waals surface area contributed by atoms with Crippen LogP contribution in [0, 0.1) is 6.92 Å². The van der Waals surface area contributed by atoms with E-state index in [2.05, 4.69) is 19.5 Å². The Hall–Kier alpha value is -1.46. The van der Waals surface area contributed by atoms with Crippen molar-refractivity contribution in [1.29, 1.82) is 0 Å². The van der Waals surface area contributed by atoms with Crippen LogP contribution in [0.5, 0.6) is 0 Å². The first-order chi connectivity index (χ1) is 12.4. The molecule has 3 rings (SSSR count). The monoisotopic (exact) mass is 388 g/mol. The summed E-state index contributed by atoms with van der Waals surface area (Å²) in [5, 5.41) is 0. The van der Waals surface area contributed by atoms with E-state index < -0.39 is 38.7 Å². The standard InChI is InChI=1S/C14H21N4O7P/c1-8-9-12(16-5-15-8)18(6-17-9)13-10(21-2)11(22-3)14(25-13)24-7-26(19,20)23-4/h5-6,10-11,13-14H,7H2,1-4H3,(H,19,20)/t10-,11+,13-,14+/m1/s1. The maximum Gasteiger partial charge on any atom is 0.353 e. The summed E-state index contributed by atoms with van der Waals surface area (Å²) in [6.45, 7) is 1.83. The zero-order valence-corrected chi connectivity index (χ0v) is 15.7. The first-order valence-electron chi connectivity index (χ1n) is 7.76. The van der Waals surface area contributed by atoms with E-state index in [-0.39, 0.29) is 0 Å². The fraction of sp³-hybridized carbons (Fsp3) is 0.643. The number of aromatic nitrogens is 4. The summed E-state index contributed by atoms with van der Waals surface area (Å²) in [4.78, 5) is 22.2. The molecule has 1 aliphatic heterocycles. The molecule has 0 spiro atoms. The van der Waals surface area contributed by atoms with Gasteiger partial charge in [-0.2, -0.15) is 0 Å². The zero-order valence-electron chi connectivity index (χ0n) is 14.8. The quantitative estimate of drug-likeness (QED) is 0.681. The Kier molecular flexibility index (Phi) is 5.68. The molecule has 144 valence electrons. The molecule has 1 N–H and O–H groups in total. The van der Waals surface area contributed by atoms with E-state index >= 15 is 0 Å². The number of fused-ring (bicyclic) bond motifs is 1. The number of imidazole rings is 1. The minimum atomic E-state index is -3.85. The van der Waals surface area contributed by atoms with Gasteiger partial charge in [0.05, 0.1) is 12.0 Å². The van der Waals surface area contributed by atoms with Crippen molar-refractivity contribution in [1.82, 2.24) is 19.5 Å². The van der Waals surface area contributed by atoms with Gasteiger partial charge in [-0.05, 0) is 6.92 Å². The molecule has 0 bridgehead atoms. The smallest absolute Gasteiger partial charge is 0.353 e. The molecule has 0 aliphatic carbocycles. The van der Waals surface area contributed by atoms with Gasteiger partial charge in [0.15, 0.2) is 24.5 Å². The van der Waals surface area contributed by atoms with Crippen molar-refractivity contribution in [3.63, 3.8) is 0 Å². The predicted molar refractivity (Wildman–Crippen MR) is 88.4 cm³/mol. The number of ether oxygens (including phenoxy) is 4. The second kappa shape index (κ2) is 7.65. The molecule has 26 heavy (non-hydrogen) atoms. The van der Waals surface area contributed by atoms with Crippen LogP contribution in [0.4, 0.5) is 0 Å². The number of hydrogen-bond donors (Lipinski definition) is 1. The molecular formula is C14H21N4O7P. The Labute approximate surface area is 149 Å². The average molecular weight is 388 g/mol. The summed E-state index contributed by atoms with van der Waals surface area (Å²) in [6, 6.07) is 0. The van der Waals surface area contributed by atoms with Crippen molar-refractivity contribution in [2.24, 2.45) is 0 Å². The van der Waals surface area contributed by atoms with Gasteiger partial charge in [0, 0.05) is 21.3 Å². The first kappa shape index (κ1) is 19.3. The SMILES string of the molecule is CO[C@@H]1[C@@H](OCP(=O)(O)OC)O[C@@H](n2cnc3c(C)ncnc32)[C@@H]1OC. The molecular weight excluding hydrogens is 367 g/mol. The normalized spacial score (nSPS) is 28.5. The fourth-order valence-corrected chi connectivity index (χ4v) is 3.28. The molecule has 3 heterocycles. The second-order valence-corrected chi connectivity index (χ2v) is 7.59. The Balaban J connectivity index is 1.89. The van der Waals surface area contributed by atoms with Crippen LogP contribution < -0.4 is 0 Å². The minimum absolute atomic E-state index is 0.539. The van der Waals surface area contributed by atoms with Gasteiger partial charge in [0.2, 0.25) is 0 Å². The maximum atomic E-state index is 11.7. The van der Waals surface area contributed by atoms with Gasteiger partial charge in [-0.25, -0.2) is 15.0 Å². The third-order valence-electron chi connectivity index (χ3n) is 4.19. The van der Waals surface area contributed by atoms with Crippen LogP contribution in [0.3, 0.4) is 0 Å². The number of aryl methyl sites for hydroxylation is 1. The van der Waals surface area contributed by atoms with E-state index in [1.54, 1.807) is 10.9 Å². The molecule has 0 saturated carbocycles.